The molecule has 0 unspecified atom stereocenters. The Balaban J connectivity index is 2.32. The van der Waals surface area contributed by atoms with Crippen molar-refractivity contribution >= 4 is 0 Å². The lowest BCUT2D eigenvalue weighted by Gasteiger charge is -2.19. The zero-order chi connectivity index (χ0) is 9.14. The van der Waals surface area contributed by atoms with Gasteiger partial charge in [-0.3, -0.25) is 0 Å². The number of ether oxygens (including phenoxy) is 2. The van der Waals surface area contributed by atoms with Crippen molar-refractivity contribution in [1.29, 1.82) is 0 Å². The SMILES string of the molecule is CC[C@H](OC)[C@@H](C)[C@H]1O[C@@H]1CO. The molecule has 1 aliphatic rings. The average molecular weight is 174 g/mol. The number of methoxy groups -OCH3 is 1. The largest absolute Gasteiger partial charge is 0.394 e. The topological polar surface area (TPSA) is 42.0 Å². The Hall–Kier alpha value is -0.120. The smallest absolute Gasteiger partial charge is 0.108 e. The van der Waals surface area contributed by atoms with Crippen molar-refractivity contribution in [3.8, 4) is 0 Å². The maximum Gasteiger partial charge on any atom is 0.108 e. The van der Waals surface area contributed by atoms with E-state index in [1.807, 2.05) is 0 Å². The van der Waals surface area contributed by atoms with Crippen LogP contribution < -0.4 is 0 Å². The van der Waals surface area contributed by atoms with E-state index >= 15 is 0 Å². The first kappa shape index (κ1) is 9.96. The van der Waals surface area contributed by atoms with Crippen LogP contribution in [-0.2, 0) is 9.47 Å². The van der Waals surface area contributed by atoms with Crippen LogP contribution in [0.15, 0.2) is 0 Å². The van der Waals surface area contributed by atoms with E-state index in [0.717, 1.165) is 6.42 Å². The van der Waals surface area contributed by atoms with Crippen molar-refractivity contribution in [2.75, 3.05) is 13.7 Å². The zero-order valence-electron chi connectivity index (χ0n) is 7.99. The molecule has 0 radical (unpaired) electrons. The van der Waals surface area contributed by atoms with Gasteiger partial charge in [-0.2, -0.15) is 0 Å². The molecule has 0 aromatic heterocycles. The standard InChI is InChI=1S/C9H18O3/c1-4-7(11-3)6(2)9-8(5-10)12-9/h6-10H,4-5H2,1-3H3/t6-,7+,8-,9-/m1/s1. The molecule has 1 heterocycles. The van der Waals surface area contributed by atoms with Crippen molar-refractivity contribution in [3.63, 3.8) is 0 Å². The lowest BCUT2D eigenvalue weighted by Crippen LogP contribution is -2.25. The second-order valence-corrected chi connectivity index (χ2v) is 3.36. The van der Waals surface area contributed by atoms with Crippen LogP contribution in [0.1, 0.15) is 20.3 Å². The summed E-state index contributed by atoms with van der Waals surface area (Å²) in [6.07, 6.45) is 1.52. The third kappa shape index (κ3) is 1.97. The van der Waals surface area contributed by atoms with Gasteiger partial charge < -0.3 is 14.6 Å². The number of aliphatic hydroxyl groups excluding tert-OH is 1. The highest BCUT2D eigenvalue weighted by Crippen LogP contribution is 2.32. The molecule has 1 rings (SSSR count). The summed E-state index contributed by atoms with van der Waals surface area (Å²) in [7, 11) is 1.72. The van der Waals surface area contributed by atoms with Crippen LogP contribution >= 0.6 is 0 Å². The number of aliphatic hydroxyl groups is 1. The van der Waals surface area contributed by atoms with E-state index in [9.17, 15) is 0 Å². The van der Waals surface area contributed by atoms with Crippen LogP contribution in [0.5, 0.6) is 0 Å². The molecule has 72 valence electrons. The van der Waals surface area contributed by atoms with Crippen LogP contribution in [0.3, 0.4) is 0 Å². The van der Waals surface area contributed by atoms with Crippen LogP contribution in [-0.4, -0.2) is 37.1 Å². The van der Waals surface area contributed by atoms with Crippen molar-refractivity contribution in [1.82, 2.24) is 0 Å². The highest BCUT2D eigenvalue weighted by Gasteiger charge is 2.44. The fraction of sp³-hybridized carbons (Fsp3) is 1.00. The summed E-state index contributed by atoms with van der Waals surface area (Å²) in [5, 5.41) is 8.79. The van der Waals surface area contributed by atoms with Crippen molar-refractivity contribution in [2.45, 2.75) is 38.6 Å². The molecule has 12 heavy (non-hydrogen) atoms. The summed E-state index contributed by atoms with van der Waals surface area (Å²) in [6.45, 7) is 4.34. The summed E-state index contributed by atoms with van der Waals surface area (Å²) in [5.74, 6) is 0.386. The molecule has 0 saturated carbocycles. The molecule has 1 saturated heterocycles. The number of epoxide rings is 1. The number of rotatable bonds is 5. The van der Waals surface area contributed by atoms with E-state index < -0.39 is 0 Å². The quantitative estimate of drug-likeness (QED) is 0.627. The van der Waals surface area contributed by atoms with E-state index in [-0.39, 0.29) is 24.9 Å². The van der Waals surface area contributed by atoms with Crippen molar-refractivity contribution in [2.24, 2.45) is 5.92 Å². The van der Waals surface area contributed by atoms with Gasteiger partial charge >= 0.3 is 0 Å². The normalized spacial score (nSPS) is 33.0. The lowest BCUT2D eigenvalue weighted by atomic mass is 9.97. The van der Waals surface area contributed by atoms with Gasteiger partial charge in [0.05, 0.1) is 18.8 Å². The Kier molecular flexibility index (Phi) is 3.50. The predicted octanol–water partition coefficient (Wildman–Crippen LogP) is 0.807. The van der Waals surface area contributed by atoms with Crippen molar-refractivity contribution < 1.29 is 14.6 Å². The summed E-state index contributed by atoms with van der Waals surface area (Å²) >= 11 is 0. The van der Waals surface area contributed by atoms with Crippen LogP contribution in [0.25, 0.3) is 0 Å². The molecule has 3 nitrogen and oxygen atoms in total. The average Bonchev–Trinajstić information content (AvgIpc) is 2.85. The zero-order valence-corrected chi connectivity index (χ0v) is 7.99. The van der Waals surface area contributed by atoms with Gasteiger partial charge in [0, 0.05) is 13.0 Å². The monoisotopic (exact) mass is 174 g/mol. The molecule has 0 aliphatic carbocycles. The minimum absolute atomic E-state index is 0.0594. The van der Waals surface area contributed by atoms with E-state index in [0.29, 0.717) is 5.92 Å². The van der Waals surface area contributed by atoms with Gasteiger partial charge in [0.25, 0.3) is 0 Å². The second kappa shape index (κ2) is 4.21. The summed E-state index contributed by atoms with van der Waals surface area (Å²) in [4.78, 5) is 0. The number of hydrogen-bond donors (Lipinski definition) is 1. The predicted molar refractivity (Wildman–Crippen MR) is 46.0 cm³/mol. The van der Waals surface area contributed by atoms with E-state index in [1.165, 1.54) is 0 Å². The van der Waals surface area contributed by atoms with Gasteiger partial charge in [0.15, 0.2) is 0 Å². The minimum Gasteiger partial charge on any atom is -0.394 e. The highest BCUT2D eigenvalue weighted by atomic mass is 16.6. The van der Waals surface area contributed by atoms with Gasteiger partial charge in [0.2, 0.25) is 0 Å². The molecule has 0 aromatic rings. The molecule has 1 N–H and O–H groups in total. The molecule has 0 bridgehead atoms. The molecular weight excluding hydrogens is 156 g/mol. The molecule has 3 heteroatoms. The maximum absolute atomic E-state index is 8.79. The highest BCUT2D eigenvalue weighted by molar-refractivity contribution is 4.91. The van der Waals surface area contributed by atoms with Crippen molar-refractivity contribution in [3.05, 3.63) is 0 Å². The Labute approximate surface area is 73.7 Å². The van der Waals surface area contributed by atoms with E-state index in [1.54, 1.807) is 7.11 Å². The fourth-order valence-corrected chi connectivity index (χ4v) is 1.73. The second-order valence-electron chi connectivity index (χ2n) is 3.36. The first-order valence-electron chi connectivity index (χ1n) is 4.53. The Morgan fingerprint density at radius 1 is 1.58 bits per heavy atom. The third-order valence-electron chi connectivity index (χ3n) is 2.61. The van der Waals surface area contributed by atoms with Crippen LogP contribution in [0.2, 0.25) is 0 Å². The van der Waals surface area contributed by atoms with Crippen LogP contribution in [0.4, 0.5) is 0 Å². The number of hydrogen-bond acceptors (Lipinski definition) is 3. The molecule has 1 aliphatic heterocycles. The third-order valence-corrected chi connectivity index (χ3v) is 2.61. The van der Waals surface area contributed by atoms with Gasteiger partial charge in [-0.15, -0.1) is 0 Å². The van der Waals surface area contributed by atoms with Crippen LogP contribution in [0, 0.1) is 5.92 Å². The summed E-state index contributed by atoms with van der Waals surface area (Å²) < 4.78 is 10.6. The lowest BCUT2D eigenvalue weighted by molar-refractivity contribution is 0.0446. The molecule has 0 spiro atoms. The maximum atomic E-state index is 8.79. The summed E-state index contributed by atoms with van der Waals surface area (Å²) in [5.41, 5.74) is 0. The minimum atomic E-state index is 0.0594. The van der Waals surface area contributed by atoms with Gasteiger partial charge in [-0.1, -0.05) is 13.8 Å². The van der Waals surface area contributed by atoms with Gasteiger partial charge in [-0.25, -0.2) is 0 Å². The van der Waals surface area contributed by atoms with Gasteiger partial charge in [0.1, 0.15) is 6.10 Å². The molecule has 1 fully saturated rings. The molecular formula is C9H18O3. The Morgan fingerprint density at radius 3 is 2.58 bits per heavy atom. The first-order valence-corrected chi connectivity index (χ1v) is 4.53. The fourth-order valence-electron chi connectivity index (χ4n) is 1.73. The molecule has 0 amide bonds. The van der Waals surface area contributed by atoms with E-state index in [2.05, 4.69) is 13.8 Å². The Morgan fingerprint density at radius 2 is 2.25 bits per heavy atom. The first-order chi connectivity index (χ1) is 5.74. The molecule has 0 aromatic carbocycles. The summed E-state index contributed by atoms with van der Waals surface area (Å²) in [6, 6.07) is 0. The van der Waals surface area contributed by atoms with E-state index in [4.69, 9.17) is 14.6 Å². The molecule has 4 atom stereocenters. The Bertz CT molecular complexity index is 134. The van der Waals surface area contributed by atoms with Gasteiger partial charge in [-0.05, 0) is 6.42 Å².